The van der Waals surface area contributed by atoms with E-state index in [1.54, 1.807) is 7.11 Å². The second kappa shape index (κ2) is 8.34. The lowest BCUT2D eigenvalue weighted by Gasteiger charge is -2.05. The number of carbonyl (C=O) groups excluding carboxylic acids is 1. The van der Waals surface area contributed by atoms with Gasteiger partial charge < -0.3 is 10.1 Å². The standard InChI is InChI=1S/C21H23N3O2/c1-16-14-20(23-24(16)15-18-6-4-3-5-7-18)22-21(25)13-10-17-8-11-19(26-2)12-9-17/h3-9,11-12,14H,10,13,15H2,1-2H3,(H,22,23,25). The van der Waals surface area contributed by atoms with Gasteiger partial charge in [0.25, 0.3) is 0 Å². The van der Waals surface area contributed by atoms with E-state index >= 15 is 0 Å². The Bertz CT molecular complexity index is 855. The number of hydrogen-bond acceptors (Lipinski definition) is 3. The average molecular weight is 349 g/mol. The van der Waals surface area contributed by atoms with Gasteiger partial charge in [-0.15, -0.1) is 0 Å². The van der Waals surface area contributed by atoms with E-state index in [-0.39, 0.29) is 5.91 Å². The number of ether oxygens (including phenoxy) is 1. The number of rotatable bonds is 7. The van der Waals surface area contributed by atoms with Gasteiger partial charge in [0.1, 0.15) is 5.75 Å². The van der Waals surface area contributed by atoms with Crippen LogP contribution in [0.5, 0.6) is 5.75 Å². The third-order valence-corrected chi connectivity index (χ3v) is 4.22. The Morgan fingerprint density at radius 2 is 1.81 bits per heavy atom. The van der Waals surface area contributed by atoms with Gasteiger partial charge in [0, 0.05) is 18.2 Å². The minimum atomic E-state index is -0.0369. The molecule has 26 heavy (non-hydrogen) atoms. The lowest BCUT2D eigenvalue weighted by atomic mass is 10.1. The van der Waals surface area contributed by atoms with E-state index in [2.05, 4.69) is 22.5 Å². The zero-order chi connectivity index (χ0) is 18.4. The summed E-state index contributed by atoms with van der Waals surface area (Å²) in [6.07, 6.45) is 1.09. The van der Waals surface area contributed by atoms with E-state index in [4.69, 9.17) is 4.74 Å². The Labute approximate surface area is 153 Å². The number of aryl methyl sites for hydroxylation is 2. The van der Waals surface area contributed by atoms with Crippen LogP contribution >= 0.6 is 0 Å². The Balaban J connectivity index is 1.54. The van der Waals surface area contributed by atoms with Crippen LogP contribution in [0.1, 0.15) is 23.2 Å². The number of benzene rings is 2. The van der Waals surface area contributed by atoms with E-state index in [1.807, 2.05) is 60.1 Å². The van der Waals surface area contributed by atoms with Crippen LogP contribution in [0.15, 0.2) is 60.7 Å². The number of nitrogens with one attached hydrogen (secondary N) is 1. The topological polar surface area (TPSA) is 56.1 Å². The molecule has 5 heteroatoms. The smallest absolute Gasteiger partial charge is 0.225 e. The van der Waals surface area contributed by atoms with Crippen molar-refractivity contribution < 1.29 is 9.53 Å². The highest BCUT2D eigenvalue weighted by atomic mass is 16.5. The molecule has 0 aliphatic heterocycles. The molecule has 0 saturated heterocycles. The lowest BCUT2D eigenvalue weighted by molar-refractivity contribution is -0.116. The SMILES string of the molecule is COc1ccc(CCC(=O)Nc2cc(C)n(Cc3ccccc3)n2)cc1. The van der Waals surface area contributed by atoms with Crippen molar-refractivity contribution in [3.05, 3.63) is 77.5 Å². The number of nitrogens with zero attached hydrogens (tertiary/aromatic N) is 2. The molecule has 0 atom stereocenters. The number of methoxy groups -OCH3 is 1. The highest BCUT2D eigenvalue weighted by Crippen LogP contribution is 2.14. The molecule has 1 N–H and O–H groups in total. The van der Waals surface area contributed by atoms with E-state index in [0.717, 1.165) is 17.0 Å². The maximum Gasteiger partial charge on any atom is 0.225 e. The molecule has 3 rings (SSSR count). The fraction of sp³-hybridized carbons (Fsp3) is 0.238. The predicted octanol–water partition coefficient (Wildman–Crippen LogP) is 3.82. The van der Waals surface area contributed by atoms with Gasteiger partial charge in [0.2, 0.25) is 5.91 Å². The zero-order valence-corrected chi connectivity index (χ0v) is 15.1. The summed E-state index contributed by atoms with van der Waals surface area (Å²) in [4.78, 5) is 12.2. The molecule has 0 spiro atoms. The van der Waals surface area contributed by atoms with Gasteiger partial charge in [0.15, 0.2) is 5.82 Å². The van der Waals surface area contributed by atoms with Crippen molar-refractivity contribution in [2.45, 2.75) is 26.3 Å². The first-order valence-corrected chi connectivity index (χ1v) is 8.65. The maximum atomic E-state index is 12.2. The van der Waals surface area contributed by atoms with Crippen LogP contribution in [0.25, 0.3) is 0 Å². The summed E-state index contributed by atoms with van der Waals surface area (Å²) in [6.45, 7) is 2.68. The third kappa shape index (κ3) is 4.72. The van der Waals surface area contributed by atoms with Crippen LogP contribution < -0.4 is 10.1 Å². The molecule has 5 nitrogen and oxygen atoms in total. The van der Waals surface area contributed by atoms with Crippen molar-refractivity contribution >= 4 is 11.7 Å². The Kier molecular flexibility index (Phi) is 5.69. The minimum Gasteiger partial charge on any atom is -0.497 e. The fourth-order valence-electron chi connectivity index (χ4n) is 2.74. The van der Waals surface area contributed by atoms with Crippen molar-refractivity contribution in [1.29, 1.82) is 0 Å². The second-order valence-electron chi connectivity index (χ2n) is 6.21. The van der Waals surface area contributed by atoms with Crippen molar-refractivity contribution in [2.24, 2.45) is 0 Å². The van der Waals surface area contributed by atoms with E-state index < -0.39 is 0 Å². The van der Waals surface area contributed by atoms with Crippen molar-refractivity contribution in [3.8, 4) is 5.75 Å². The van der Waals surface area contributed by atoms with E-state index in [9.17, 15) is 4.79 Å². The summed E-state index contributed by atoms with van der Waals surface area (Å²) in [7, 11) is 1.64. The first-order chi connectivity index (χ1) is 12.6. The number of aromatic nitrogens is 2. The van der Waals surface area contributed by atoms with Gasteiger partial charge in [-0.1, -0.05) is 42.5 Å². The Morgan fingerprint density at radius 1 is 1.08 bits per heavy atom. The molecular weight excluding hydrogens is 326 g/mol. The minimum absolute atomic E-state index is 0.0369. The number of amides is 1. The van der Waals surface area contributed by atoms with E-state index in [0.29, 0.717) is 25.2 Å². The monoisotopic (exact) mass is 349 g/mol. The Morgan fingerprint density at radius 3 is 2.50 bits per heavy atom. The van der Waals surface area contributed by atoms with Crippen LogP contribution in [0.3, 0.4) is 0 Å². The molecular formula is C21H23N3O2. The van der Waals surface area contributed by atoms with Gasteiger partial charge in [-0.2, -0.15) is 5.10 Å². The molecule has 2 aromatic carbocycles. The van der Waals surface area contributed by atoms with Crippen molar-refractivity contribution in [2.75, 3.05) is 12.4 Å². The molecule has 0 unspecified atom stereocenters. The van der Waals surface area contributed by atoms with Crippen LogP contribution in [-0.4, -0.2) is 22.8 Å². The summed E-state index contributed by atoms with van der Waals surface area (Å²) in [5, 5.41) is 7.38. The molecule has 0 radical (unpaired) electrons. The van der Waals surface area contributed by atoms with E-state index in [1.165, 1.54) is 5.56 Å². The van der Waals surface area contributed by atoms with Crippen LogP contribution in [0.4, 0.5) is 5.82 Å². The van der Waals surface area contributed by atoms with Gasteiger partial charge in [-0.3, -0.25) is 9.48 Å². The summed E-state index contributed by atoms with van der Waals surface area (Å²) in [6, 6.07) is 19.8. The largest absolute Gasteiger partial charge is 0.497 e. The van der Waals surface area contributed by atoms with Gasteiger partial charge in [0.05, 0.1) is 13.7 Å². The number of anilines is 1. The molecule has 0 bridgehead atoms. The highest BCUT2D eigenvalue weighted by molar-refractivity contribution is 5.89. The molecule has 0 saturated carbocycles. The predicted molar refractivity (Wildman–Crippen MR) is 102 cm³/mol. The molecule has 1 amide bonds. The van der Waals surface area contributed by atoms with Crippen LogP contribution in [0, 0.1) is 6.92 Å². The number of hydrogen-bond donors (Lipinski definition) is 1. The fourth-order valence-corrected chi connectivity index (χ4v) is 2.74. The first kappa shape index (κ1) is 17.7. The summed E-state index contributed by atoms with van der Waals surface area (Å²) >= 11 is 0. The average Bonchev–Trinajstić information content (AvgIpc) is 3.00. The van der Waals surface area contributed by atoms with Crippen LogP contribution in [0.2, 0.25) is 0 Å². The van der Waals surface area contributed by atoms with Gasteiger partial charge >= 0.3 is 0 Å². The molecule has 0 aliphatic rings. The normalized spacial score (nSPS) is 10.5. The molecule has 134 valence electrons. The van der Waals surface area contributed by atoms with Gasteiger partial charge in [-0.25, -0.2) is 0 Å². The maximum absolute atomic E-state index is 12.2. The summed E-state index contributed by atoms with van der Waals surface area (Å²) in [5.74, 6) is 1.38. The molecule has 0 fully saturated rings. The van der Waals surface area contributed by atoms with Crippen molar-refractivity contribution in [3.63, 3.8) is 0 Å². The summed E-state index contributed by atoms with van der Waals surface area (Å²) < 4.78 is 7.04. The molecule has 1 heterocycles. The quantitative estimate of drug-likeness (QED) is 0.705. The highest BCUT2D eigenvalue weighted by Gasteiger charge is 2.09. The molecule has 0 aliphatic carbocycles. The van der Waals surface area contributed by atoms with Crippen LogP contribution in [-0.2, 0) is 17.8 Å². The Hall–Kier alpha value is -3.08. The second-order valence-corrected chi connectivity index (χ2v) is 6.21. The van der Waals surface area contributed by atoms with Crippen molar-refractivity contribution in [1.82, 2.24) is 9.78 Å². The number of carbonyl (C=O) groups is 1. The first-order valence-electron chi connectivity index (χ1n) is 8.65. The van der Waals surface area contributed by atoms with Gasteiger partial charge in [-0.05, 0) is 36.6 Å². The summed E-state index contributed by atoms with van der Waals surface area (Å²) in [5.41, 5.74) is 3.29. The molecule has 3 aromatic rings. The molecule has 1 aromatic heterocycles. The lowest BCUT2D eigenvalue weighted by Crippen LogP contribution is -2.13. The zero-order valence-electron chi connectivity index (χ0n) is 15.1. The third-order valence-electron chi connectivity index (χ3n) is 4.22.